The molecule has 45 heavy (non-hydrogen) atoms. The van der Waals surface area contributed by atoms with E-state index in [-0.39, 0.29) is 36.4 Å². The quantitative estimate of drug-likeness (QED) is 0.469. The minimum atomic E-state index is -3.33. The van der Waals surface area contributed by atoms with Crippen molar-refractivity contribution >= 4 is 52.6 Å². The fourth-order valence-corrected chi connectivity index (χ4v) is 8.08. The molecular formula is C29H31Cl2F3N6O5. The van der Waals surface area contributed by atoms with Crippen molar-refractivity contribution in [2.45, 2.75) is 74.5 Å². The van der Waals surface area contributed by atoms with Crippen LogP contribution in [0.15, 0.2) is 12.3 Å². The van der Waals surface area contributed by atoms with E-state index in [1.165, 1.54) is 4.90 Å². The van der Waals surface area contributed by atoms with Gasteiger partial charge in [0.15, 0.2) is 11.6 Å². The van der Waals surface area contributed by atoms with Crippen LogP contribution in [0.5, 0.6) is 5.75 Å². The molecule has 4 fully saturated rings. The maximum absolute atomic E-state index is 15.2. The highest BCUT2D eigenvalue weighted by Gasteiger charge is 2.65. The number of fused-ring (bicyclic) bond motifs is 6. The van der Waals surface area contributed by atoms with E-state index in [4.69, 9.17) is 27.9 Å². The van der Waals surface area contributed by atoms with E-state index in [9.17, 15) is 33.2 Å². The Morgan fingerprint density at radius 2 is 1.96 bits per heavy atom. The van der Waals surface area contributed by atoms with Gasteiger partial charge in [-0.05, 0) is 41.9 Å². The van der Waals surface area contributed by atoms with Crippen LogP contribution in [0.4, 0.5) is 19.0 Å². The van der Waals surface area contributed by atoms with E-state index in [2.05, 4.69) is 15.6 Å². The van der Waals surface area contributed by atoms with Gasteiger partial charge >= 0.3 is 4.59 Å². The second-order valence-electron chi connectivity index (χ2n) is 13.7. The molecule has 242 valence electrons. The standard InChI is InChI=1S/C29H31Cl2F3N6O5/c1-27(2,3)21(37-26(44)29(30,31)34)24(42)39-10-16-12-4-15(17(33)5-12)19(16)20(39)23(41)40-11-28(7-14(40)8-35)25(43)38-22-18(45-28)6-13(32)9-36-22/h6,9,12,14-17,19-21H,4-5,7,10-11H2,1-3H3,(H,37,44)(H,36,38,43). The number of amides is 4. The van der Waals surface area contributed by atoms with E-state index in [0.717, 1.165) is 17.2 Å². The monoisotopic (exact) mass is 670 g/mol. The third-order valence-corrected chi connectivity index (χ3v) is 10.3. The molecule has 2 saturated carbocycles. The largest absolute Gasteiger partial charge is 0.471 e. The molecule has 1 aromatic heterocycles. The van der Waals surface area contributed by atoms with Gasteiger partial charge in [-0.1, -0.05) is 44.0 Å². The molecule has 4 amide bonds. The Bertz CT molecular complexity index is 1510. The molecule has 0 aromatic carbocycles. The summed E-state index contributed by atoms with van der Waals surface area (Å²) in [5.41, 5.74) is -2.76. The smallest absolute Gasteiger partial charge is 0.335 e. The average Bonchev–Trinajstić information content (AvgIpc) is 3.70. The zero-order valence-corrected chi connectivity index (χ0v) is 26.0. The summed E-state index contributed by atoms with van der Waals surface area (Å²) in [6, 6.07) is -0.745. The minimum absolute atomic E-state index is 0.0156. The summed E-state index contributed by atoms with van der Waals surface area (Å²) in [6.07, 6.45) is 0.288. The summed E-state index contributed by atoms with van der Waals surface area (Å²) in [6.45, 7) is 4.54. The minimum Gasteiger partial charge on any atom is -0.471 e. The summed E-state index contributed by atoms with van der Waals surface area (Å²) < 4.78 is 45.9. The number of ether oxygens (including phenoxy) is 1. The molecule has 6 rings (SSSR count). The van der Waals surface area contributed by atoms with Gasteiger partial charge in [0.1, 0.15) is 30.1 Å². The predicted molar refractivity (Wildman–Crippen MR) is 152 cm³/mol. The first-order valence-corrected chi connectivity index (χ1v) is 15.4. The van der Waals surface area contributed by atoms with Gasteiger partial charge < -0.3 is 25.2 Å². The van der Waals surface area contributed by atoms with Gasteiger partial charge in [0.05, 0.1) is 18.8 Å². The van der Waals surface area contributed by atoms with E-state index < -0.39 is 87.7 Å². The number of nitrogens with zero attached hydrogens (tertiary/aromatic N) is 4. The average molecular weight is 672 g/mol. The predicted octanol–water partition coefficient (Wildman–Crippen LogP) is 2.87. The fraction of sp³-hybridized carbons (Fsp3) is 0.655. The maximum Gasteiger partial charge on any atom is 0.335 e. The molecule has 3 aliphatic heterocycles. The van der Waals surface area contributed by atoms with E-state index in [1.54, 1.807) is 20.8 Å². The van der Waals surface area contributed by atoms with Crippen molar-refractivity contribution in [2.24, 2.45) is 29.1 Å². The topological polar surface area (TPSA) is 145 Å². The number of halogens is 5. The second-order valence-corrected chi connectivity index (χ2v) is 15.0. The van der Waals surface area contributed by atoms with Gasteiger partial charge in [0.2, 0.25) is 17.4 Å². The molecule has 4 heterocycles. The number of likely N-dealkylation sites (tertiary alicyclic amines) is 2. The molecule has 9 unspecified atom stereocenters. The number of alkyl halides is 4. The van der Waals surface area contributed by atoms with Gasteiger partial charge in [-0.2, -0.15) is 9.65 Å². The van der Waals surface area contributed by atoms with Crippen molar-refractivity contribution in [1.29, 1.82) is 5.26 Å². The normalized spacial score (nSPS) is 34.1. The van der Waals surface area contributed by atoms with Crippen molar-refractivity contribution in [3.05, 3.63) is 18.1 Å². The molecule has 2 bridgehead atoms. The maximum atomic E-state index is 15.2. The van der Waals surface area contributed by atoms with Crippen LogP contribution in [0.1, 0.15) is 40.0 Å². The number of hydrogen-bond donors (Lipinski definition) is 2. The lowest BCUT2D eigenvalue weighted by Gasteiger charge is -2.39. The SMILES string of the molecule is CC(C)(C)C(NC(=O)C(F)(Cl)Cl)C(=O)N1CC2C3CC(F)C(C3)C2C1C(=O)N1CC2(CC1C#N)Oc1cc(F)cnc1NC2=O. The summed E-state index contributed by atoms with van der Waals surface area (Å²) in [5.74, 6) is -5.79. The van der Waals surface area contributed by atoms with Crippen molar-refractivity contribution in [3.63, 3.8) is 0 Å². The number of rotatable bonds is 4. The van der Waals surface area contributed by atoms with Crippen LogP contribution in [0.25, 0.3) is 0 Å². The van der Waals surface area contributed by atoms with Crippen LogP contribution < -0.4 is 15.4 Å². The molecule has 16 heteroatoms. The number of pyridine rings is 1. The summed E-state index contributed by atoms with van der Waals surface area (Å²) >= 11 is 10.7. The van der Waals surface area contributed by atoms with Crippen molar-refractivity contribution in [3.8, 4) is 11.8 Å². The first kappa shape index (κ1) is 31.7. The van der Waals surface area contributed by atoms with Gasteiger partial charge in [-0.25, -0.2) is 13.8 Å². The molecule has 11 nitrogen and oxygen atoms in total. The number of nitriles is 1. The highest BCUT2D eigenvalue weighted by atomic mass is 35.5. The summed E-state index contributed by atoms with van der Waals surface area (Å²) in [5, 5.41) is 14.9. The lowest BCUT2D eigenvalue weighted by atomic mass is 9.77. The molecule has 9 atom stereocenters. The van der Waals surface area contributed by atoms with Crippen LogP contribution >= 0.6 is 23.2 Å². The molecule has 2 N–H and O–H groups in total. The van der Waals surface area contributed by atoms with E-state index in [0.29, 0.717) is 12.8 Å². The van der Waals surface area contributed by atoms with Gasteiger partial charge in [-0.15, -0.1) is 0 Å². The molecule has 2 aliphatic carbocycles. The Labute approximate surface area is 266 Å². The third-order valence-electron chi connectivity index (χ3n) is 9.98. The molecule has 1 aromatic rings. The van der Waals surface area contributed by atoms with Crippen molar-refractivity contribution in [2.75, 3.05) is 18.4 Å². The Morgan fingerprint density at radius 3 is 2.60 bits per heavy atom. The van der Waals surface area contributed by atoms with Crippen LogP contribution in [-0.2, 0) is 19.2 Å². The Kier molecular flexibility index (Phi) is 7.47. The van der Waals surface area contributed by atoms with Crippen LogP contribution in [-0.4, -0.2) is 86.0 Å². The van der Waals surface area contributed by atoms with Crippen LogP contribution in [0, 0.1) is 46.2 Å². The highest BCUT2D eigenvalue weighted by Crippen LogP contribution is 2.59. The van der Waals surface area contributed by atoms with Gasteiger partial charge in [-0.3, -0.25) is 19.2 Å². The molecule has 2 saturated heterocycles. The molecule has 5 aliphatic rings. The Hall–Kier alpha value is -3.31. The number of anilines is 1. The first-order valence-electron chi connectivity index (χ1n) is 14.6. The highest BCUT2D eigenvalue weighted by molar-refractivity contribution is 6.56. The zero-order valence-electron chi connectivity index (χ0n) is 24.5. The fourth-order valence-electron chi connectivity index (χ4n) is 7.98. The number of nitrogens with one attached hydrogen (secondary N) is 2. The summed E-state index contributed by atoms with van der Waals surface area (Å²) in [4.78, 5) is 60.8. The molecule has 0 radical (unpaired) electrons. The van der Waals surface area contributed by atoms with Gasteiger partial charge in [0.25, 0.3) is 11.8 Å². The van der Waals surface area contributed by atoms with Crippen LogP contribution in [0.3, 0.4) is 0 Å². The number of carbonyl (C=O) groups is 4. The third kappa shape index (κ3) is 5.16. The molecule has 1 spiro atoms. The Morgan fingerprint density at radius 1 is 1.24 bits per heavy atom. The van der Waals surface area contributed by atoms with Crippen molar-refractivity contribution < 1.29 is 37.1 Å². The number of aromatic nitrogens is 1. The number of hydrogen-bond acceptors (Lipinski definition) is 7. The second kappa shape index (κ2) is 10.6. The van der Waals surface area contributed by atoms with Crippen molar-refractivity contribution in [1.82, 2.24) is 20.1 Å². The lowest BCUT2D eigenvalue weighted by Crippen LogP contribution is -2.61. The Balaban J connectivity index is 1.35. The van der Waals surface area contributed by atoms with E-state index in [1.807, 2.05) is 6.07 Å². The van der Waals surface area contributed by atoms with E-state index >= 15 is 4.39 Å². The first-order chi connectivity index (χ1) is 20.9. The number of carbonyl (C=O) groups excluding carboxylic acids is 4. The summed E-state index contributed by atoms with van der Waals surface area (Å²) in [7, 11) is 0. The zero-order chi connectivity index (χ0) is 32.8. The van der Waals surface area contributed by atoms with Gasteiger partial charge in [0, 0.05) is 19.0 Å². The van der Waals surface area contributed by atoms with Crippen LogP contribution in [0.2, 0.25) is 0 Å². The lowest BCUT2D eigenvalue weighted by molar-refractivity contribution is -0.150. The molecular weight excluding hydrogens is 640 g/mol.